The predicted octanol–water partition coefficient (Wildman–Crippen LogP) is 3.44. The second kappa shape index (κ2) is 12.0. The zero-order valence-electron chi connectivity index (χ0n) is 17.4. The molecule has 0 saturated heterocycles. The molecule has 1 fully saturated rings. The van der Waals surface area contributed by atoms with Gasteiger partial charge in [-0.15, -0.1) is 24.0 Å². The lowest BCUT2D eigenvalue weighted by molar-refractivity contribution is 0.270. The Kier molecular flexibility index (Phi) is 10.8. The molecule has 2 N–H and O–H groups in total. The molecule has 6 nitrogen and oxygen atoms in total. The SMILES string of the molecule is CN=C(NCCC1CCCC(C)C1)NCc1ccccc1S(=O)(=O)N(C)C.I. The van der Waals surface area contributed by atoms with Crippen molar-refractivity contribution in [2.24, 2.45) is 16.8 Å². The summed E-state index contributed by atoms with van der Waals surface area (Å²) in [5.41, 5.74) is 0.732. The second-order valence-electron chi connectivity index (χ2n) is 7.67. The lowest BCUT2D eigenvalue weighted by Gasteiger charge is -2.26. The molecular formula is C20H35IN4O2S. The molecule has 1 aliphatic rings. The average Bonchev–Trinajstić information content (AvgIpc) is 2.64. The van der Waals surface area contributed by atoms with Gasteiger partial charge in [0, 0.05) is 34.2 Å². The molecule has 0 aromatic heterocycles. The van der Waals surface area contributed by atoms with Crippen LogP contribution in [0, 0.1) is 11.8 Å². The average molecular weight is 522 g/mol. The van der Waals surface area contributed by atoms with Gasteiger partial charge >= 0.3 is 0 Å². The van der Waals surface area contributed by atoms with Crippen LogP contribution in [0.1, 0.15) is 44.6 Å². The summed E-state index contributed by atoms with van der Waals surface area (Å²) >= 11 is 0. The number of halogens is 1. The molecule has 1 aromatic rings. The molecule has 1 aromatic carbocycles. The maximum absolute atomic E-state index is 12.5. The van der Waals surface area contributed by atoms with Crippen molar-refractivity contribution in [1.82, 2.24) is 14.9 Å². The number of hydrogen-bond donors (Lipinski definition) is 2. The van der Waals surface area contributed by atoms with Crippen LogP contribution < -0.4 is 10.6 Å². The van der Waals surface area contributed by atoms with Crippen molar-refractivity contribution >= 4 is 40.0 Å². The van der Waals surface area contributed by atoms with Crippen molar-refractivity contribution in [2.75, 3.05) is 27.7 Å². The third-order valence-electron chi connectivity index (χ3n) is 5.29. The number of nitrogens with zero attached hydrogens (tertiary/aromatic N) is 2. The van der Waals surface area contributed by atoms with E-state index in [1.807, 2.05) is 12.1 Å². The Hall–Kier alpha value is -0.870. The zero-order chi connectivity index (χ0) is 19.9. The molecule has 1 saturated carbocycles. The van der Waals surface area contributed by atoms with Gasteiger partial charge in [0.25, 0.3) is 0 Å². The third-order valence-corrected chi connectivity index (χ3v) is 7.21. The molecule has 0 bridgehead atoms. The fraction of sp³-hybridized carbons (Fsp3) is 0.650. The van der Waals surface area contributed by atoms with E-state index < -0.39 is 10.0 Å². The molecular weight excluding hydrogens is 487 g/mol. The summed E-state index contributed by atoms with van der Waals surface area (Å²) in [4.78, 5) is 4.59. The Morgan fingerprint density at radius 3 is 2.57 bits per heavy atom. The molecule has 28 heavy (non-hydrogen) atoms. The molecule has 1 aliphatic carbocycles. The highest BCUT2D eigenvalue weighted by Crippen LogP contribution is 2.30. The van der Waals surface area contributed by atoms with Crippen LogP contribution >= 0.6 is 24.0 Å². The normalized spacial score (nSPS) is 20.5. The standard InChI is InChI=1S/C20H34N4O2S.HI/c1-16-8-7-9-17(14-16)12-13-22-20(21-2)23-15-18-10-5-6-11-19(18)27(25,26)24(3)4;/h5-6,10-11,16-17H,7-9,12-15H2,1-4H3,(H2,21,22,23);1H. The van der Waals surface area contributed by atoms with E-state index in [9.17, 15) is 8.42 Å². The molecule has 160 valence electrons. The number of guanidine groups is 1. The lowest BCUT2D eigenvalue weighted by atomic mass is 9.81. The van der Waals surface area contributed by atoms with Gasteiger partial charge < -0.3 is 10.6 Å². The molecule has 0 amide bonds. The number of sulfonamides is 1. The minimum Gasteiger partial charge on any atom is -0.356 e. The summed E-state index contributed by atoms with van der Waals surface area (Å²) in [6.45, 7) is 3.64. The molecule has 0 spiro atoms. The minimum absolute atomic E-state index is 0. The van der Waals surface area contributed by atoms with Gasteiger partial charge in [0.15, 0.2) is 5.96 Å². The Bertz CT molecular complexity index is 737. The van der Waals surface area contributed by atoms with Crippen LogP contribution in [0.3, 0.4) is 0 Å². The number of nitrogens with one attached hydrogen (secondary N) is 2. The van der Waals surface area contributed by atoms with E-state index >= 15 is 0 Å². The summed E-state index contributed by atoms with van der Waals surface area (Å²) in [5, 5.41) is 6.60. The maximum Gasteiger partial charge on any atom is 0.242 e. The fourth-order valence-electron chi connectivity index (χ4n) is 3.71. The van der Waals surface area contributed by atoms with Gasteiger partial charge in [0.2, 0.25) is 10.0 Å². The van der Waals surface area contributed by atoms with Crippen LogP contribution in [0.2, 0.25) is 0 Å². The summed E-state index contributed by atoms with van der Waals surface area (Å²) in [6, 6.07) is 7.08. The molecule has 0 aliphatic heterocycles. The second-order valence-corrected chi connectivity index (χ2v) is 9.79. The highest BCUT2D eigenvalue weighted by molar-refractivity contribution is 14.0. The van der Waals surface area contributed by atoms with Crippen molar-refractivity contribution in [3.63, 3.8) is 0 Å². The number of benzene rings is 1. The van der Waals surface area contributed by atoms with Gasteiger partial charge in [-0.05, 0) is 36.3 Å². The third kappa shape index (κ3) is 7.18. The largest absolute Gasteiger partial charge is 0.356 e. The summed E-state index contributed by atoms with van der Waals surface area (Å²) in [6.07, 6.45) is 6.51. The fourth-order valence-corrected chi connectivity index (χ4v) is 4.83. The van der Waals surface area contributed by atoms with Crippen molar-refractivity contribution in [1.29, 1.82) is 0 Å². The van der Waals surface area contributed by atoms with Crippen LogP contribution in [0.25, 0.3) is 0 Å². The van der Waals surface area contributed by atoms with Crippen LogP contribution in [0.5, 0.6) is 0 Å². The maximum atomic E-state index is 12.5. The first kappa shape index (κ1) is 25.2. The quantitative estimate of drug-likeness (QED) is 0.327. The van der Waals surface area contributed by atoms with Crippen molar-refractivity contribution in [3.05, 3.63) is 29.8 Å². The molecule has 2 atom stereocenters. The molecule has 0 radical (unpaired) electrons. The first-order valence-electron chi connectivity index (χ1n) is 9.79. The van der Waals surface area contributed by atoms with Gasteiger partial charge in [-0.2, -0.15) is 0 Å². The monoisotopic (exact) mass is 522 g/mol. The van der Waals surface area contributed by atoms with Gasteiger partial charge in [-0.25, -0.2) is 12.7 Å². The van der Waals surface area contributed by atoms with Gasteiger partial charge in [0.1, 0.15) is 0 Å². The van der Waals surface area contributed by atoms with Crippen LogP contribution in [-0.2, 0) is 16.6 Å². The first-order valence-corrected chi connectivity index (χ1v) is 11.2. The molecule has 2 rings (SSSR count). The highest BCUT2D eigenvalue weighted by atomic mass is 127. The highest BCUT2D eigenvalue weighted by Gasteiger charge is 2.21. The van der Waals surface area contributed by atoms with Gasteiger partial charge in [-0.3, -0.25) is 4.99 Å². The van der Waals surface area contributed by atoms with Gasteiger partial charge in [-0.1, -0.05) is 44.4 Å². The lowest BCUT2D eigenvalue weighted by Crippen LogP contribution is -2.38. The van der Waals surface area contributed by atoms with Crippen LogP contribution in [-0.4, -0.2) is 46.4 Å². The minimum atomic E-state index is -3.47. The first-order chi connectivity index (χ1) is 12.8. The number of rotatable bonds is 7. The predicted molar refractivity (Wildman–Crippen MR) is 127 cm³/mol. The zero-order valence-corrected chi connectivity index (χ0v) is 20.6. The van der Waals surface area contributed by atoms with E-state index in [2.05, 4.69) is 22.5 Å². The van der Waals surface area contributed by atoms with Gasteiger partial charge in [0.05, 0.1) is 4.90 Å². The number of hydrogen-bond acceptors (Lipinski definition) is 3. The van der Waals surface area contributed by atoms with Crippen LogP contribution in [0.4, 0.5) is 0 Å². The molecule has 0 heterocycles. The van der Waals surface area contributed by atoms with E-state index in [0.29, 0.717) is 17.4 Å². The Labute approximate surface area is 187 Å². The van der Waals surface area contributed by atoms with Crippen molar-refractivity contribution in [2.45, 2.75) is 50.5 Å². The van der Waals surface area contributed by atoms with E-state index in [1.54, 1.807) is 33.3 Å². The summed E-state index contributed by atoms with van der Waals surface area (Å²) < 4.78 is 26.2. The summed E-state index contributed by atoms with van der Waals surface area (Å²) in [7, 11) is 1.37. The Morgan fingerprint density at radius 1 is 1.21 bits per heavy atom. The smallest absolute Gasteiger partial charge is 0.242 e. The Morgan fingerprint density at radius 2 is 1.93 bits per heavy atom. The Balaban J connectivity index is 0.00000392. The van der Waals surface area contributed by atoms with E-state index in [0.717, 1.165) is 30.4 Å². The topological polar surface area (TPSA) is 73.8 Å². The molecule has 2 unspecified atom stereocenters. The van der Waals surface area contributed by atoms with E-state index in [-0.39, 0.29) is 24.0 Å². The van der Waals surface area contributed by atoms with E-state index in [4.69, 9.17) is 0 Å². The molecule has 8 heteroatoms. The van der Waals surface area contributed by atoms with E-state index in [1.165, 1.54) is 30.0 Å². The van der Waals surface area contributed by atoms with Crippen molar-refractivity contribution in [3.8, 4) is 0 Å². The van der Waals surface area contributed by atoms with Crippen molar-refractivity contribution < 1.29 is 8.42 Å². The number of aliphatic imine (C=N–C) groups is 1. The summed E-state index contributed by atoms with van der Waals surface area (Å²) in [5.74, 6) is 2.34. The van der Waals surface area contributed by atoms with Crippen LogP contribution in [0.15, 0.2) is 34.2 Å².